The van der Waals surface area contributed by atoms with Gasteiger partial charge in [-0.05, 0) is 75.3 Å². The van der Waals surface area contributed by atoms with E-state index in [4.69, 9.17) is 9.47 Å². The molecule has 34 heavy (non-hydrogen) atoms. The van der Waals surface area contributed by atoms with E-state index in [0.29, 0.717) is 11.5 Å². The molecule has 0 saturated heterocycles. The van der Waals surface area contributed by atoms with E-state index in [1.165, 1.54) is 37.3 Å². The Morgan fingerprint density at radius 2 is 1.59 bits per heavy atom. The monoisotopic (exact) mass is 470 g/mol. The molecule has 2 unspecified atom stereocenters. The molecule has 2 atom stereocenters. The molecule has 0 heterocycles. The number of aryl methyl sites for hydroxylation is 1. The van der Waals surface area contributed by atoms with E-state index in [1.807, 2.05) is 0 Å². The van der Waals surface area contributed by atoms with Crippen LogP contribution < -0.4 is 0 Å². The number of carbonyl (C=O) groups is 2. The van der Waals surface area contributed by atoms with Crippen LogP contribution in [0, 0.1) is 11.8 Å². The van der Waals surface area contributed by atoms with E-state index in [0.717, 1.165) is 32.1 Å². The number of esters is 2. The highest BCUT2D eigenvalue weighted by atomic mass is 16.5. The number of hydrogen-bond acceptors (Lipinski definition) is 5. The van der Waals surface area contributed by atoms with Gasteiger partial charge in [-0.15, -0.1) is 0 Å². The van der Waals surface area contributed by atoms with Crippen LogP contribution in [0.15, 0.2) is 48.6 Å². The minimum absolute atomic E-state index is 0.0273. The van der Waals surface area contributed by atoms with E-state index < -0.39 is 18.0 Å². The number of benzene rings is 1. The molecule has 1 aliphatic rings. The van der Waals surface area contributed by atoms with Crippen molar-refractivity contribution < 1.29 is 24.2 Å². The lowest BCUT2D eigenvalue weighted by Gasteiger charge is -2.33. The van der Waals surface area contributed by atoms with Gasteiger partial charge in [0.25, 0.3) is 0 Å². The summed E-state index contributed by atoms with van der Waals surface area (Å²) in [6.07, 6.45) is 8.01. The van der Waals surface area contributed by atoms with Crippen LogP contribution in [0.4, 0.5) is 0 Å². The second kappa shape index (κ2) is 14.1. The third kappa shape index (κ3) is 8.75. The maximum absolute atomic E-state index is 12.2. The number of carbonyl (C=O) groups excluding carboxylic acids is 2. The highest BCUT2D eigenvalue weighted by molar-refractivity contribution is 5.88. The molecule has 0 spiro atoms. The van der Waals surface area contributed by atoms with Gasteiger partial charge in [0.2, 0.25) is 0 Å². The molecular weight excluding hydrogens is 428 g/mol. The number of rotatable bonds is 13. The van der Waals surface area contributed by atoms with E-state index in [-0.39, 0.29) is 30.6 Å². The maximum atomic E-state index is 12.2. The van der Waals surface area contributed by atoms with Gasteiger partial charge in [0, 0.05) is 11.5 Å². The maximum Gasteiger partial charge on any atom is 0.336 e. The first-order valence-electron chi connectivity index (χ1n) is 12.7. The smallest absolute Gasteiger partial charge is 0.336 e. The first-order valence-corrected chi connectivity index (χ1v) is 12.7. The molecule has 5 nitrogen and oxygen atoms in total. The average Bonchev–Trinajstić information content (AvgIpc) is 2.83. The Hall–Kier alpha value is -2.40. The highest BCUT2D eigenvalue weighted by Crippen LogP contribution is 2.39. The Bertz CT molecular complexity index is 815. The Balaban J connectivity index is 1.94. The van der Waals surface area contributed by atoms with Crippen LogP contribution in [0.5, 0.6) is 0 Å². The minimum atomic E-state index is -0.958. The lowest BCUT2D eigenvalue weighted by atomic mass is 9.74. The van der Waals surface area contributed by atoms with Gasteiger partial charge < -0.3 is 14.6 Å². The summed E-state index contributed by atoms with van der Waals surface area (Å²) in [7, 11) is 0. The molecule has 1 aliphatic carbocycles. The second-order valence-corrected chi connectivity index (χ2v) is 9.75. The number of hydrogen-bond donors (Lipinski definition) is 1. The van der Waals surface area contributed by atoms with Crippen LogP contribution in [0.1, 0.15) is 82.8 Å². The van der Waals surface area contributed by atoms with Crippen molar-refractivity contribution >= 4 is 11.9 Å². The molecule has 0 amide bonds. The van der Waals surface area contributed by atoms with Crippen molar-refractivity contribution in [2.45, 2.75) is 84.2 Å². The van der Waals surface area contributed by atoms with E-state index in [9.17, 15) is 14.7 Å². The van der Waals surface area contributed by atoms with Crippen LogP contribution in [-0.4, -0.2) is 36.4 Å². The zero-order chi connectivity index (χ0) is 25.1. The number of unbranched alkanes of at least 4 members (excludes halogenated alkanes) is 2. The van der Waals surface area contributed by atoms with Crippen molar-refractivity contribution in [3.63, 3.8) is 0 Å². The molecule has 0 bridgehead atoms. The molecule has 1 aromatic carbocycles. The van der Waals surface area contributed by atoms with Gasteiger partial charge in [-0.2, -0.15) is 0 Å². The second-order valence-electron chi connectivity index (χ2n) is 9.75. The van der Waals surface area contributed by atoms with E-state index in [2.05, 4.69) is 44.3 Å². The lowest BCUT2D eigenvalue weighted by Crippen LogP contribution is -2.31. The zero-order valence-electron chi connectivity index (χ0n) is 21.2. The van der Waals surface area contributed by atoms with Crippen molar-refractivity contribution in [1.29, 1.82) is 0 Å². The molecule has 0 aliphatic heterocycles. The fourth-order valence-corrected chi connectivity index (χ4v) is 4.53. The summed E-state index contributed by atoms with van der Waals surface area (Å²) >= 11 is 0. The fourth-order valence-electron chi connectivity index (χ4n) is 4.53. The highest BCUT2D eigenvalue weighted by Gasteiger charge is 2.30. The summed E-state index contributed by atoms with van der Waals surface area (Å²) < 4.78 is 10.8. The van der Waals surface area contributed by atoms with E-state index >= 15 is 0 Å². The van der Waals surface area contributed by atoms with Gasteiger partial charge in [-0.1, -0.05) is 57.2 Å². The van der Waals surface area contributed by atoms with Gasteiger partial charge >= 0.3 is 11.9 Å². The van der Waals surface area contributed by atoms with Crippen molar-refractivity contribution in [1.82, 2.24) is 0 Å². The third-order valence-electron chi connectivity index (χ3n) is 6.93. The van der Waals surface area contributed by atoms with Crippen molar-refractivity contribution in [2.75, 3.05) is 13.2 Å². The molecule has 5 heteroatoms. The predicted molar refractivity (Wildman–Crippen MR) is 135 cm³/mol. The standard InChI is InChI=1S/C29H42O5/c1-6-7-8-9-23-10-12-24(13-11-23)25-14-16-26(17-15-25)27(18-33-28(31)20(2)3)19-34-29(32)21(4)22(5)30/h10-13,22,25-27,30H,2,4,6-9,14-19H2,1,3,5H3. The van der Waals surface area contributed by atoms with Crippen LogP contribution >= 0.6 is 0 Å². The molecule has 2 rings (SSSR count). The summed E-state index contributed by atoms with van der Waals surface area (Å²) in [4.78, 5) is 24.1. The van der Waals surface area contributed by atoms with Gasteiger partial charge in [-0.25, -0.2) is 9.59 Å². The zero-order valence-corrected chi connectivity index (χ0v) is 21.2. The number of aliphatic hydroxyl groups is 1. The van der Waals surface area contributed by atoms with E-state index in [1.54, 1.807) is 6.92 Å². The van der Waals surface area contributed by atoms with Crippen molar-refractivity contribution in [3.8, 4) is 0 Å². The Morgan fingerprint density at radius 1 is 1.00 bits per heavy atom. The van der Waals surface area contributed by atoms with Crippen molar-refractivity contribution in [3.05, 3.63) is 59.7 Å². The largest absolute Gasteiger partial charge is 0.462 e. The molecule has 0 radical (unpaired) electrons. The average molecular weight is 471 g/mol. The van der Waals surface area contributed by atoms with Crippen LogP contribution in [0.3, 0.4) is 0 Å². The SMILES string of the molecule is C=C(C)C(=O)OCC(COC(=O)C(=C)C(C)O)C1CCC(c2ccc(CCCCC)cc2)CC1. The summed E-state index contributed by atoms with van der Waals surface area (Å²) in [5.41, 5.74) is 3.17. The molecule has 188 valence electrons. The first-order chi connectivity index (χ1) is 16.2. The molecule has 0 aromatic heterocycles. The molecule has 1 saturated carbocycles. The Morgan fingerprint density at radius 3 is 2.12 bits per heavy atom. The topological polar surface area (TPSA) is 72.8 Å². The fraction of sp³-hybridized carbons (Fsp3) is 0.586. The third-order valence-corrected chi connectivity index (χ3v) is 6.93. The molecule has 1 fully saturated rings. The van der Waals surface area contributed by atoms with Gasteiger partial charge in [0.05, 0.1) is 24.9 Å². The van der Waals surface area contributed by atoms with Crippen molar-refractivity contribution in [2.24, 2.45) is 11.8 Å². The number of aliphatic hydroxyl groups excluding tert-OH is 1. The van der Waals surface area contributed by atoms with Gasteiger partial charge in [0.1, 0.15) is 0 Å². The molecule has 1 N–H and O–H groups in total. The first kappa shape index (κ1) is 27.8. The summed E-state index contributed by atoms with van der Waals surface area (Å²) in [6.45, 7) is 12.9. The molecule has 1 aromatic rings. The summed E-state index contributed by atoms with van der Waals surface area (Å²) in [6, 6.07) is 9.10. The Labute approximate surface area is 205 Å². The quantitative estimate of drug-likeness (QED) is 0.220. The Kier molecular flexibility index (Phi) is 11.5. The predicted octanol–water partition coefficient (Wildman–Crippen LogP) is 5.91. The van der Waals surface area contributed by atoms with Crippen LogP contribution in [0.25, 0.3) is 0 Å². The minimum Gasteiger partial charge on any atom is -0.462 e. The van der Waals surface area contributed by atoms with Gasteiger partial charge in [-0.3, -0.25) is 0 Å². The number of ether oxygens (including phenoxy) is 2. The lowest BCUT2D eigenvalue weighted by molar-refractivity contribution is -0.146. The molecular formula is C29H42O5. The van der Waals surface area contributed by atoms with Crippen LogP contribution in [-0.2, 0) is 25.5 Å². The van der Waals surface area contributed by atoms with Gasteiger partial charge in [0.15, 0.2) is 0 Å². The summed E-state index contributed by atoms with van der Waals surface area (Å²) in [5, 5.41) is 9.57. The van der Waals surface area contributed by atoms with Crippen LogP contribution in [0.2, 0.25) is 0 Å². The summed E-state index contributed by atoms with van der Waals surface area (Å²) in [5.74, 6) is -0.334. The normalized spacial score (nSPS) is 19.6.